The van der Waals surface area contributed by atoms with Crippen LogP contribution in [0.1, 0.15) is 50.3 Å². The van der Waals surface area contributed by atoms with Gasteiger partial charge in [0.25, 0.3) is 11.5 Å². The van der Waals surface area contributed by atoms with Gasteiger partial charge in [0.2, 0.25) is 0 Å². The highest BCUT2D eigenvalue weighted by atomic mass is 32.2. The molecule has 0 bridgehead atoms. The Bertz CT molecular complexity index is 1400. The standard InChI is InChI=1S/C29H34FN5O2S2/c1-5-6-11-34-26(33-14-12-32(13-15-33)24-10-8-7-9-23(24)30)21(20(4)22(17-31)27(34)36)16-25-28(37)35(18-19(2)3)29(38)39-25/h7-10,16,19H,5-6,11-15,18H2,1-4H3/b25-16+. The topological polar surface area (TPSA) is 72.6 Å². The Morgan fingerprint density at radius 1 is 1.15 bits per heavy atom. The van der Waals surface area contributed by atoms with Gasteiger partial charge >= 0.3 is 0 Å². The molecule has 1 aromatic heterocycles. The molecule has 10 heteroatoms. The van der Waals surface area contributed by atoms with Crippen molar-refractivity contribution in [2.24, 2.45) is 5.92 Å². The van der Waals surface area contributed by atoms with Crippen LogP contribution in [-0.2, 0) is 11.3 Å². The van der Waals surface area contributed by atoms with Crippen molar-refractivity contribution in [2.45, 2.75) is 47.1 Å². The fraction of sp³-hybridized carbons (Fsp3) is 0.448. The molecule has 1 amide bonds. The summed E-state index contributed by atoms with van der Waals surface area (Å²) in [6.45, 7) is 11.1. The number of halogens is 1. The van der Waals surface area contributed by atoms with Crippen molar-refractivity contribution in [2.75, 3.05) is 42.5 Å². The van der Waals surface area contributed by atoms with Gasteiger partial charge in [-0.2, -0.15) is 5.26 Å². The number of carbonyl (C=O) groups excluding carboxylic acids is 1. The first-order chi connectivity index (χ1) is 18.7. The lowest BCUT2D eigenvalue weighted by molar-refractivity contribution is -0.122. The molecular formula is C29H34FN5O2S2. The fourth-order valence-electron chi connectivity index (χ4n) is 5.03. The number of carbonyl (C=O) groups is 1. The van der Waals surface area contributed by atoms with Gasteiger partial charge in [-0.15, -0.1) is 0 Å². The van der Waals surface area contributed by atoms with E-state index in [4.69, 9.17) is 12.2 Å². The van der Waals surface area contributed by atoms with Gasteiger partial charge in [0.15, 0.2) is 0 Å². The number of nitriles is 1. The predicted molar refractivity (Wildman–Crippen MR) is 161 cm³/mol. The molecule has 2 fully saturated rings. The van der Waals surface area contributed by atoms with Gasteiger partial charge in [0.05, 0.1) is 10.6 Å². The van der Waals surface area contributed by atoms with Gasteiger partial charge in [-0.05, 0) is 43.0 Å². The number of amides is 1. The van der Waals surface area contributed by atoms with Gasteiger partial charge in [0, 0.05) is 44.8 Å². The molecule has 0 radical (unpaired) electrons. The molecule has 7 nitrogen and oxygen atoms in total. The molecule has 0 unspecified atom stereocenters. The summed E-state index contributed by atoms with van der Waals surface area (Å²) in [6.07, 6.45) is 3.45. The molecule has 2 aliphatic rings. The number of piperazine rings is 1. The minimum Gasteiger partial charge on any atom is -0.366 e. The zero-order valence-corrected chi connectivity index (χ0v) is 24.5. The van der Waals surface area contributed by atoms with Crippen LogP contribution in [0.4, 0.5) is 15.9 Å². The van der Waals surface area contributed by atoms with Crippen LogP contribution in [0.25, 0.3) is 6.08 Å². The average molecular weight is 568 g/mol. The van der Waals surface area contributed by atoms with E-state index >= 15 is 0 Å². The number of para-hydroxylation sites is 1. The maximum Gasteiger partial charge on any atom is 0.270 e. The average Bonchev–Trinajstić information content (AvgIpc) is 3.17. The molecule has 0 atom stereocenters. The van der Waals surface area contributed by atoms with E-state index in [2.05, 4.69) is 17.9 Å². The molecule has 0 N–H and O–H groups in total. The van der Waals surface area contributed by atoms with Gasteiger partial charge in [-0.1, -0.05) is 63.3 Å². The Labute approximate surface area is 238 Å². The number of aromatic nitrogens is 1. The summed E-state index contributed by atoms with van der Waals surface area (Å²) < 4.78 is 16.7. The van der Waals surface area contributed by atoms with E-state index < -0.39 is 0 Å². The normalized spacial score (nSPS) is 17.1. The van der Waals surface area contributed by atoms with Crippen LogP contribution in [0.3, 0.4) is 0 Å². The van der Waals surface area contributed by atoms with Crippen LogP contribution in [0.2, 0.25) is 0 Å². The van der Waals surface area contributed by atoms with E-state index in [0.29, 0.717) is 71.1 Å². The van der Waals surface area contributed by atoms with Gasteiger partial charge < -0.3 is 9.80 Å². The summed E-state index contributed by atoms with van der Waals surface area (Å²) in [7, 11) is 0. The highest BCUT2D eigenvalue weighted by Gasteiger charge is 2.34. The van der Waals surface area contributed by atoms with Crippen LogP contribution in [0, 0.1) is 30.0 Å². The maximum atomic E-state index is 14.5. The molecule has 4 rings (SSSR count). The molecule has 0 saturated carbocycles. The number of unbranched alkanes of at least 4 members (excludes halogenated alkanes) is 1. The first-order valence-corrected chi connectivity index (χ1v) is 14.6. The Kier molecular flexibility index (Phi) is 9.13. The minimum absolute atomic E-state index is 0.0868. The lowest BCUT2D eigenvalue weighted by atomic mass is 10.0. The number of rotatable bonds is 8. The summed E-state index contributed by atoms with van der Waals surface area (Å²) >= 11 is 6.77. The molecule has 3 heterocycles. The van der Waals surface area contributed by atoms with Crippen molar-refractivity contribution < 1.29 is 9.18 Å². The Hall–Kier alpha value is -3.16. The molecule has 2 aromatic rings. The predicted octanol–water partition coefficient (Wildman–Crippen LogP) is 5.15. The second kappa shape index (κ2) is 12.3. The molecule has 2 aliphatic heterocycles. The number of nitrogens with zero attached hydrogens (tertiary/aromatic N) is 5. The van der Waals surface area contributed by atoms with E-state index in [-0.39, 0.29) is 28.8 Å². The van der Waals surface area contributed by atoms with Gasteiger partial charge in [-0.3, -0.25) is 19.1 Å². The molecule has 2 saturated heterocycles. The van der Waals surface area contributed by atoms with E-state index in [1.54, 1.807) is 34.6 Å². The van der Waals surface area contributed by atoms with Crippen molar-refractivity contribution in [3.8, 4) is 6.07 Å². The summed E-state index contributed by atoms with van der Waals surface area (Å²) in [5, 5.41) is 9.92. The largest absolute Gasteiger partial charge is 0.366 e. The third-order valence-corrected chi connectivity index (χ3v) is 8.43. The van der Waals surface area contributed by atoms with E-state index in [0.717, 1.165) is 12.8 Å². The van der Waals surface area contributed by atoms with Crippen LogP contribution in [-0.4, -0.2) is 52.4 Å². The van der Waals surface area contributed by atoms with E-state index in [1.165, 1.54) is 17.8 Å². The van der Waals surface area contributed by atoms with Crippen molar-refractivity contribution in [1.29, 1.82) is 5.26 Å². The Morgan fingerprint density at radius 2 is 1.82 bits per heavy atom. The van der Waals surface area contributed by atoms with Crippen molar-refractivity contribution in [3.63, 3.8) is 0 Å². The summed E-state index contributed by atoms with van der Waals surface area (Å²) in [6, 6.07) is 8.84. The third kappa shape index (κ3) is 5.89. The van der Waals surface area contributed by atoms with E-state index in [1.807, 2.05) is 24.8 Å². The summed E-state index contributed by atoms with van der Waals surface area (Å²) in [5.74, 6) is 0.547. The van der Waals surface area contributed by atoms with E-state index in [9.17, 15) is 19.2 Å². The Balaban J connectivity index is 1.80. The number of thioether (sulfide) groups is 1. The van der Waals surface area contributed by atoms with Crippen molar-refractivity contribution in [1.82, 2.24) is 9.47 Å². The van der Waals surface area contributed by atoms with Crippen molar-refractivity contribution >= 4 is 51.8 Å². The first kappa shape index (κ1) is 28.8. The van der Waals surface area contributed by atoms with Gasteiger partial charge in [0.1, 0.15) is 27.6 Å². The second-order valence-electron chi connectivity index (χ2n) is 10.3. The molecule has 39 heavy (non-hydrogen) atoms. The molecule has 206 valence electrons. The summed E-state index contributed by atoms with van der Waals surface area (Å²) in [5.41, 5.74) is 1.57. The number of anilines is 2. The first-order valence-electron chi connectivity index (χ1n) is 13.3. The molecule has 1 aromatic carbocycles. The van der Waals surface area contributed by atoms with Crippen LogP contribution in [0.5, 0.6) is 0 Å². The number of hydrogen-bond donors (Lipinski definition) is 0. The maximum absolute atomic E-state index is 14.5. The fourth-order valence-corrected chi connectivity index (χ4v) is 6.29. The smallest absolute Gasteiger partial charge is 0.270 e. The molecule has 0 spiro atoms. The second-order valence-corrected chi connectivity index (χ2v) is 11.9. The molecule has 0 aliphatic carbocycles. The quantitative estimate of drug-likeness (QED) is 0.323. The van der Waals surface area contributed by atoms with Crippen molar-refractivity contribution in [3.05, 3.63) is 62.0 Å². The SMILES string of the molecule is CCCCn1c(N2CCN(c3ccccc3F)CC2)c(/C=C2/SC(=S)N(CC(C)C)C2=O)c(C)c(C#N)c1=O. The number of thiocarbonyl (C=S) groups is 1. The Morgan fingerprint density at radius 3 is 2.44 bits per heavy atom. The minimum atomic E-state index is -0.320. The lowest BCUT2D eigenvalue weighted by Gasteiger charge is -2.39. The highest BCUT2D eigenvalue weighted by molar-refractivity contribution is 8.26. The number of hydrogen-bond acceptors (Lipinski definition) is 7. The van der Waals surface area contributed by atoms with Crippen LogP contribution in [0.15, 0.2) is 34.0 Å². The third-order valence-electron chi connectivity index (χ3n) is 7.05. The zero-order valence-electron chi connectivity index (χ0n) is 22.9. The van der Waals surface area contributed by atoms with Crippen LogP contribution >= 0.6 is 24.0 Å². The van der Waals surface area contributed by atoms with Gasteiger partial charge in [-0.25, -0.2) is 4.39 Å². The lowest BCUT2D eigenvalue weighted by Crippen LogP contribution is -2.49. The molecular weight excluding hydrogens is 533 g/mol. The zero-order chi connectivity index (χ0) is 28.3. The van der Waals surface area contributed by atoms with Crippen LogP contribution < -0.4 is 15.4 Å². The highest BCUT2D eigenvalue weighted by Crippen LogP contribution is 2.36. The number of benzene rings is 1. The monoisotopic (exact) mass is 567 g/mol. The summed E-state index contributed by atoms with van der Waals surface area (Å²) in [4.78, 5) is 33.1. The number of pyridine rings is 1.